The van der Waals surface area contributed by atoms with E-state index >= 15 is 0 Å². The van der Waals surface area contributed by atoms with Gasteiger partial charge in [0, 0.05) is 0 Å². The van der Waals surface area contributed by atoms with Crippen LogP contribution in [0, 0.1) is 0 Å². The second kappa shape index (κ2) is 3.52. The van der Waals surface area contributed by atoms with Crippen LogP contribution in [-0.4, -0.2) is 48.6 Å². The number of ketones is 1. The molecule has 3 aliphatic heterocycles. The SMILES string of the molecule is CC1(C)O[C@@H]2CO[C@]3(COC(C)(C)O3)C(=O)[C@@H]2O1. The Labute approximate surface area is 105 Å². The summed E-state index contributed by atoms with van der Waals surface area (Å²) in [5.41, 5.74) is 0. The molecule has 0 aromatic heterocycles. The van der Waals surface area contributed by atoms with Crippen LogP contribution in [-0.2, 0) is 28.5 Å². The Kier molecular flexibility index (Phi) is 2.44. The van der Waals surface area contributed by atoms with Gasteiger partial charge in [0.1, 0.15) is 12.7 Å². The molecule has 0 aromatic rings. The van der Waals surface area contributed by atoms with Gasteiger partial charge in [-0.25, -0.2) is 0 Å². The lowest BCUT2D eigenvalue weighted by Crippen LogP contribution is -2.58. The molecule has 3 heterocycles. The van der Waals surface area contributed by atoms with Crippen LogP contribution in [0.1, 0.15) is 27.7 Å². The van der Waals surface area contributed by atoms with Crippen LogP contribution in [0.5, 0.6) is 0 Å². The van der Waals surface area contributed by atoms with Crippen LogP contribution >= 0.6 is 0 Å². The first kappa shape index (κ1) is 12.5. The molecule has 3 saturated heterocycles. The fourth-order valence-electron chi connectivity index (χ4n) is 2.60. The van der Waals surface area contributed by atoms with Gasteiger partial charge in [-0.3, -0.25) is 4.79 Å². The number of hydrogen-bond donors (Lipinski definition) is 0. The van der Waals surface area contributed by atoms with E-state index in [0.717, 1.165) is 0 Å². The molecule has 3 rings (SSSR count). The van der Waals surface area contributed by atoms with Crippen LogP contribution < -0.4 is 0 Å². The van der Waals surface area contributed by atoms with Gasteiger partial charge in [0.05, 0.1) is 6.61 Å². The fourth-order valence-corrected chi connectivity index (χ4v) is 2.60. The number of carbonyl (C=O) groups is 1. The Balaban J connectivity index is 1.84. The van der Waals surface area contributed by atoms with E-state index in [-0.39, 0.29) is 25.1 Å². The smallest absolute Gasteiger partial charge is 0.258 e. The second-order valence-electron chi connectivity index (χ2n) is 5.81. The van der Waals surface area contributed by atoms with Crippen molar-refractivity contribution in [1.82, 2.24) is 0 Å². The fraction of sp³-hybridized carbons (Fsp3) is 0.917. The summed E-state index contributed by atoms with van der Waals surface area (Å²) < 4.78 is 27.9. The van der Waals surface area contributed by atoms with Crippen molar-refractivity contribution in [3.63, 3.8) is 0 Å². The lowest BCUT2D eigenvalue weighted by molar-refractivity contribution is -0.263. The van der Waals surface area contributed by atoms with E-state index in [1.165, 1.54) is 0 Å². The highest BCUT2D eigenvalue weighted by atomic mass is 16.8. The topological polar surface area (TPSA) is 63.2 Å². The molecule has 6 nitrogen and oxygen atoms in total. The van der Waals surface area contributed by atoms with Gasteiger partial charge in [0.15, 0.2) is 17.7 Å². The van der Waals surface area contributed by atoms with Gasteiger partial charge in [0.2, 0.25) is 5.78 Å². The number of rotatable bonds is 0. The average Bonchev–Trinajstić information content (AvgIpc) is 2.71. The minimum absolute atomic E-state index is 0.0891. The predicted molar refractivity (Wildman–Crippen MR) is 58.6 cm³/mol. The van der Waals surface area contributed by atoms with E-state index in [9.17, 15) is 4.79 Å². The largest absolute Gasteiger partial charge is 0.344 e. The predicted octanol–water partition coefficient (Wildman–Crippen LogP) is 0.585. The Morgan fingerprint density at radius 1 is 1.06 bits per heavy atom. The van der Waals surface area contributed by atoms with Gasteiger partial charge in [-0.15, -0.1) is 0 Å². The molecular weight excluding hydrogens is 240 g/mol. The molecular formula is C12H18O6. The van der Waals surface area contributed by atoms with Gasteiger partial charge in [-0.05, 0) is 27.7 Å². The van der Waals surface area contributed by atoms with Crippen molar-refractivity contribution in [2.45, 2.75) is 57.3 Å². The molecule has 0 bridgehead atoms. The van der Waals surface area contributed by atoms with Crippen molar-refractivity contribution >= 4 is 5.78 Å². The lowest BCUT2D eigenvalue weighted by atomic mass is 9.99. The molecule has 102 valence electrons. The summed E-state index contributed by atoms with van der Waals surface area (Å²) in [5, 5.41) is 0. The van der Waals surface area contributed by atoms with Crippen molar-refractivity contribution in [3.05, 3.63) is 0 Å². The third-order valence-corrected chi connectivity index (χ3v) is 3.32. The molecule has 1 spiro atoms. The Bertz CT molecular complexity index is 388. The minimum atomic E-state index is -1.34. The van der Waals surface area contributed by atoms with Crippen molar-refractivity contribution in [3.8, 4) is 0 Å². The van der Waals surface area contributed by atoms with E-state index < -0.39 is 23.5 Å². The van der Waals surface area contributed by atoms with E-state index in [4.69, 9.17) is 23.7 Å². The maximum Gasteiger partial charge on any atom is 0.258 e. The third kappa shape index (κ3) is 1.80. The number of Topliss-reactive ketones (excluding diaryl/α,β-unsaturated/α-hetero) is 1. The molecule has 0 N–H and O–H groups in total. The first-order valence-electron chi connectivity index (χ1n) is 6.11. The third-order valence-electron chi connectivity index (χ3n) is 3.32. The summed E-state index contributed by atoms with van der Waals surface area (Å²) >= 11 is 0. The molecule has 3 fully saturated rings. The van der Waals surface area contributed by atoms with Crippen molar-refractivity contribution in [1.29, 1.82) is 0 Å². The standard InChI is InChI=1S/C12H18O6/c1-10(2)15-6-12(18-10)9(13)8-7(5-14-12)16-11(3,4)17-8/h7-8H,5-6H2,1-4H3/t7-,8-,12+/m1/s1. The van der Waals surface area contributed by atoms with Gasteiger partial charge < -0.3 is 23.7 Å². The molecule has 0 amide bonds. The number of ether oxygens (including phenoxy) is 5. The molecule has 0 radical (unpaired) electrons. The van der Waals surface area contributed by atoms with E-state index in [0.29, 0.717) is 0 Å². The van der Waals surface area contributed by atoms with Gasteiger partial charge >= 0.3 is 0 Å². The summed E-state index contributed by atoms with van der Waals surface area (Å²) in [6.45, 7) is 7.41. The number of hydrogen-bond acceptors (Lipinski definition) is 6. The van der Waals surface area contributed by atoms with E-state index in [1.807, 2.05) is 0 Å². The minimum Gasteiger partial charge on any atom is -0.344 e. The molecule has 3 atom stereocenters. The van der Waals surface area contributed by atoms with Crippen molar-refractivity contribution in [2.75, 3.05) is 13.2 Å². The van der Waals surface area contributed by atoms with Crippen LogP contribution in [0.2, 0.25) is 0 Å². The summed E-state index contributed by atoms with van der Waals surface area (Å²) in [6.07, 6.45) is -1.02. The molecule has 6 heteroatoms. The highest BCUT2D eigenvalue weighted by Gasteiger charge is 2.62. The summed E-state index contributed by atoms with van der Waals surface area (Å²) in [5.74, 6) is -3.18. The molecule has 0 unspecified atom stereocenters. The van der Waals surface area contributed by atoms with Crippen LogP contribution in [0.25, 0.3) is 0 Å². The second-order valence-corrected chi connectivity index (χ2v) is 5.81. The van der Waals surface area contributed by atoms with E-state index in [2.05, 4.69) is 0 Å². The highest BCUT2D eigenvalue weighted by molar-refractivity contribution is 5.92. The normalized spacial score (nSPS) is 45.4. The van der Waals surface area contributed by atoms with Crippen molar-refractivity contribution in [2.24, 2.45) is 0 Å². The van der Waals surface area contributed by atoms with Crippen LogP contribution in [0.15, 0.2) is 0 Å². The molecule has 3 aliphatic rings. The first-order valence-corrected chi connectivity index (χ1v) is 6.11. The molecule has 0 saturated carbocycles. The number of fused-ring (bicyclic) bond motifs is 1. The average molecular weight is 258 g/mol. The maximum atomic E-state index is 12.5. The quantitative estimate of drug-likeness (QED) is 0.633. The Morgan fingerprint density at radius 2 is 1.78 bits per heavy atom. The summed E-state index contributed by atoms with van der Waals surface area (Å²) in [7, 11) is 0. The zero-order valence-corrected chi connectivity index (χ0v) is 11.0. The summed E-state index contributed by atoms with van der Waals surface area (Å²) in [4.78, 5) is 12.5. The maximum absolute atomic E-state index is 12.5. The molecule has 0 aromatic carbocycles. The zero-order valence-electron chi connectivity index (χ0n) is 11.0. The molecule has 18 heavy (non-hydrogen) atoms. The Morgan fingerprint density at radius 3 is 2.39 bits per heavy atom. The van der Waals surface area contributed by atoms with Crippen molar-refractivity contribution < 1.29 is 28.5 Å². The van der Waals surface area contributed by atoms with Crippen LogP contribution in [0.3, 0.4) is 0 Å². The van der Waals surface area contributed by atoms with E-state index in [1.54, 1.807) is 27.7 Å². The van der Waals surface area contributed by atoms with Gasteiger partial charge in [-0.2, -0.15) is 0 Å². The van der Waals surface area contributed by atoms with Gasteiger partial charge in [-0.1, -0.05) is 0 Å². The summed E-state index contributed by atoms with van der Waals surface area (Å²) in [6, 6.07) is 0. The first-order chi connectivity index (χ1) is 8.23. The molecule has 0 aliphatic carbocycles. The van der Waals surface area contributed by atoms with Gasteiger partial charge in [0.25, 0.3) is 5.79 Å². The number of carbonyl (C=O) groups excluding carboxylic acids is 1. The zero-order chi connectivity index (χ0) is 13.2. The van der Waals surface area contributed by atoms with Crippen LogP contribution in [0.4, 0.5) is 0 Å². The monoisotopic (exact) mass is 258 g/mol. The Hall–Kier alpha value is -0.530. The highest BCUT2D eigenvalue weighted by Crippen LogP contribution is 2.41. The lowest BCUT2D eigenvalue weighted by Gasteiger charge is -2.35.